The van der Waals surface area contributed by atoms with Crippen LogP contribution < -0.4 is 21.7 Å². The zero-order valence-electron chi connectivity index (χ0n) is 23.4. The number of carboxylic acid groups (broad SMARTS) is 2. The molecule has 0 spiro atoms. The number of carboxylic acids is 2. The van der Waals surface area contributed by atoms with E-state index in [9.17, 15) is 29.1 Å². The summed E-state index contributed by atoms with van der Waals surface area (Å²) in [6.45, 7) is 7.52. The van der Waals surface area contributed by atoms with Gasteiger partial charge in [-0.1, -0.05) is 52.3 Å². The summed E-state index contributed by atoms with van der Waals surface area (Å²) >= 11 is 0. The first-order valence-electron chi connectivity index (χ1n) is 13.5. The van der Waals surface area contributed by atoms with Crippen LogP contribution in [0.5, 0.6) is 0 Å². The van der Waals surface area contributed by atoms with Crippen molar-refractivity contribution in [1.29, 1.82) is 0 Å². The monoisotopic (exact) mass is 559 g/mol. The van der Waals surface area contributed by atoms with Gasteiger partial charge >= 0.3 is 11.9 Å². The fourth-order valence-electron chi connectivity index (χ4n) is 4.37. The normalized spacial score (nSPS) is 15.1. The van der Waals surface area contributed by atoms with Gasteiger partial charge in [-0.3, -0.25) is 19.2 Å². The van der Waals surface area contributed by atoms with E-state index in [1.54, 1.807) is 13.1 Å². The van der Waals surface area contributed by atoms with Crippen molar-refractivity contribution in [1.82, 2.24) is 20.9 Å². The van der Waals surface area contributed by atoms with E-state index in [0.29, 0.717) is 18.4 Å². The van der Waals surface area contributed by atoms with Crippen LogP contribution in [0.1, 0.15) is 58.9 Å². The summed E-state index contributed by atoms with van der Waals surface area (Å²) in [5.74, 6) is -4.61. The number of amides is 3. The van der Waals surface area contributed by atoms with Crippen molar-refractivity contribution in [2.24, 2.45) is 17.6 Å². The second-order valence-electron chi connectivity index (χ2n) is 10.6. The molecule has 0 aliphatic heterocycles. The number of carbonyl (C=O) groups is 5. The van der Waals surface area contributed by atoms with Gasteiger partial charge in [-0.05, 0) is 36.3 Å². The molecule has 12 nitrogen and oxygen atoms in total. The summed E-state index contributed by atoms with van der Waals surface area (Å²) in [6.07, 6.45) is 1.90. The Hall–Kier alpha value is -3.93. The number of nitrogens with one attached hydrogen (secondary N) is 4. The number of carbonyl (C=O) groups excluding carboxylic acids is 3. The van der Waals surface area contributed by atoms with Crippen molar-refractivity contribution < 1.29 is 34.2 Å². The van der Waals surface area contributed by atoms with Crippen molar-refractivity contribution in [3.63, 3.8) is 0 Å². The lowest BCUT2D eigenvalue weighted by Crippen LogP contribution is -2.59. The molecule has 12 heteroatoms. The molecule has 0 saturated carbocycles. The van der Waals surface area contributed by atoms with E-state index in [1.165, 1.54) is 0 Å². The number of hydrogen-bond donors (Lipinski definition) is 7. The van der Waals surface area contributed by atoms with Crippen molar-refractivity contribution in [2.45, 2.75) is 84.0 Å². The maximum atomic E-state index is 13.5. The van der Waals surface area contributed by atoms with Gasteiger partial charge in [-0.15, -0.1) is 0 Å². The van der Waals surface area contributed by atoms with E-state index in [4.69, 9.17) is 10.8 Å². The van der Waals surface area contributed by atoms with Gasteiger partial charge in [0.25, 0.3) is 0 Å². The van der Waals surface area contributed by atoms with Gasteiger partial charge in [-0.25, -0.2) is 4.79 Å². The number of aromatic amines is 1. The number of aromatic nitrogens is 1. The van der Waals surface area contributed by atoms with Gasteiger partial charge in [0.1, 0.15) is 18.1 Å². The minimum Gasteiger partial charge on any atom is -0.481 e. The Morgan fingerprint density at radius 3 is 2.17 bits per heavy atom. The number of H-pyrrole nitrogens is 1. The predicted octanol–water partition coefficient (Wildman–Crippen LogP) is 1.53. The number of benzene rings is 1. The van der Waals surface area contributed by atoms with Crippen LogP contribution in [-0.2, 0) is 30.4 Å². The van der Waals surface area contributed by atoms with Crippen LogP contribution >= 0.6 is 0 Å². The van der Waals surface area contributed by atoms with Gasteiger partial charge in [0.05, 0.1) is 6.04 Å². The lowest BCUT2D eigenvalue weighted by atomic mass is 9.96. The van der Waals surface area contributed by atoms with E-state index in [2.05, 4.69) is 20.9 Å². The maximum absolute atomic E-state index is 13.5. The van der Waals surface area contributed by atoms with Gasteiger partial charge in [0, 0.05) is 29.9 Å². The van der Waals surface area contributed by atoms with E-state index < -0.39 is 60.2 Å². The molecule has 40 heavy (non-hydrogen) atoms. The molecule has 1 heterocycles. The van der Waals surface area contributed by atoms with Crippen LogP contribution in [0.15, 0.2) is 30.5 Å². The highest BCUT2D eigenvalue weighted by molar-refractivity contribution is 5.95. The zero-order chi connectivity index (χ0) is 30.0. The van der Waals surface area contributed by atoms with Crippen molar-refractivity contribution in [3.05, 3.63) is 36.0 Å². The maximum Gasteiger partial charge on any atom is 0.326 e. The quantitative estimate of drug-likeness (QED) is 0.160. The average molecular weight is 560 g/mol. The van der Waals surface area contributed by atoms with Crippen molar-refractivity contribution in [2.75, 3.05) is 0 Å². The smallest absolute Gasteiger partial charge is 0.326 e. The molecule has 0 radical (unpaired) electrons. The van der Waals surface area contributed by atoms with Crippen LogP contribution in [0, 0.1) is 11.8 Å². The minimum absolute atomic E-state index is 0.0148. The van der Waals surface area contributed by atoms with E-state index in [-0.39, 0.29) is 24.7 Å². The highest BCUT2D eigenvalue weighted by atomic mass is 16.4. The number of para-hydroxylation sites is 1. The highest BCUT2D eigenvalue weighted by Gasteiger charge is 2.33. The molecule has 0 fully saturated rings. The topological polar surface area (TPSA) is 204 Å². The lowest BCUT2D eigenvalue weighted by Gasteiger charge is -2.28. The Morgan fingerprint density at radius 2 is 1.57 bits per heavy atom. The molecule has 5 atom stereocenters. The van der Waals surface area contributed by atoms with Crippen LogP contribution in [-0.4, -0.2) is 69.0 Å². The Bertz CT molecular complexity index is 1190. The Labute approximate surface area is 233 Å². The summed E-state index contributed by atoms with van der Waals surface area (Å²) in [7, 11) is 0. The zero-order valence-corrected chi connectivity index (χ0v) is 23.4. The standard InChI is InChI=1S/C28H41N5O7/c1-5-16(4)24(33-25(36)19(29)12-15(2)3)27(38)32-22(13-17-14-30-20-9-7-6-8-18(17)20)26(37)31-21(28(39)40)10-11-23(34)35/h6-9,14-16,19,21-22,24,30H,5,10-13,29H2,1-4H3,(H,31,37)(H,32,38)(H,33,36)(H,34,35)(H,39,40). The van der Waals surface area contributed by atoms with Crippen LogP contribution in [0.25, 0.3) is 10.9 Å². The third kappa shape index (κ3) is 9.37. The van der Waals surface area contributed by atoms with E-state index in [1.807, 2.05) is 45.0 Å². The SMILES string of the molecule is CCC(C)C(NC(=O)C(N)CC(C)C)C(=O)NC(Cc1c[nH]c2ccccc12)C(=O)NC(CCC(=O)O)C(=O)O. The Morgan fingerprint density at radius 1 is 0.925 bits per heavy atom. The molecular formula is C28H41N5O7. The van der Waals surface area contributed by atoms with E-state index >= 15 is 0 Å². The van der Waals surface area contributed by atoms with Crippen LogP contribution in [0.2, 0.25) is 0 Å². The van der Waals surface area contributed by atoms with Crippen LogP contribution in [0.3, 0.4) is 0 Å². The first kappa shape index (κ1) is 32.3. The summed E-state index contributed by atoms with van der Waals surface area (Å²) in [5, 5.41) is 27.1. The molecular weight excluding hydrogens is 518 g/mol. The minimum atomic E-state index is -1.47. The molecule has 0 aliphatic rings. The lowest BCUT2D eigenvalue weighted by molar-refractivity contribution is -0.143. The molecule has 0 aliphatic carbocycles. The van der Waals surface area contributed by atoms with Gasteiger partial charge in [0.2, 0.25) is 17.7 Å². The molecule has 3 amide bonds. The Balaban J connectivity index is 2.33. The van der Waals surface area contributed by atoms with Gasteiger partial charge < -0.3 is 36.9 Å². The molecule has 0 saturated heterocycles. The summed E-state index contributed by atoms with van der Waals surface area (Å²) in [4.78, 5) is 65.5. The first-order valence-corrected chi connectivity index (χ1v) is 13.5. The van der Waals surface area contributed by atoms with Gasteiger partial charge in [-0.2, -0.15) is 0 Å². The highest BCUT2D eigenvalue weighted by Crippen LogP contribution is 2.20. The summed E-state index contributed by atoms with van der Waals surface area (Å²) < 4.78 is 0. The molecule has 1 aromatic heterocycles. The number of nitrogens with two attached hydrogens (primary N) is 1. The molecule has 8 N–H and O–H groups in total. The summed E-state index contributed by atoms with van der Waals surface area (Å²) in [5.41, 5.74) is 7.55. The first-order chi connectivity index (χ1) is 18.8. The summed E-state index contributed by atoms with van der Waals surface area (Å²) in [6, 6.07) is 2.89. The van der Waals surface area contributed by atoms with E-state index in [0.717, 1.165) is 10.9 Å². The second-order valence-corrected chi connectivity index (χ2v) is 10.6. The van der Waals surface area contributed by atoms with Crippen LogP contribution in [0.4, 0.5) is 0 Å². The molecule has 0 bridgehead atoms. The fourth-order valence-corrected chi connectivity index (χ4v) is 4.37. The molecule has 1 aromatic carbocycles. The number of hydrogen-bond acceptors (Lipinski definition) is 6. The molecule has 2 aromatic rings. The molecule has 220 valence electrons. The number of aliphatic carboxylic acids is 2. The molecule has 2 rings (SSSR count). The largest absolute Gasteiger partial charge is 0.481 e. The third-order valence-corrected chi connectivity index (χ3v) is 6.85. The number of fused-ring (bicyclic) bond motifs is 1. The second kappa shape index (κ2) is 15.0. The van der Waals surface area contributed by atoms with Gasteiger partial charge in [0.15, 0.2) is 0 Å². The Kier molecular flexibility index (Phi) is 12.1. The fraction of sp³-hybridized carbons (Fsp3) is 0.536. The average Bonchev–Trinajstić information content (AvgIpc) is 3.30. The molecule has 5 unspecified atom stereocenters. The predicted molar refractivity (Wildman–Crippen MR) is 149 cm³/mol. The van der Waals surface area contributed by atoms with Crippen molar-refractivity contribution in [3.8, 4) is 0 Å². The number of rotatable bonds is 16. The van der Waals surface area contributed by atoms with Crippen molar-refractivity contribution >= 4 is 40.6 Å². The third-order valence-electron chi connectivity index (χ3n) is 6.85.